The van der Waals surface area contributed by atoms with Gasteiger partial charge in [0, 0.05) is 6.04 Å². The zero-order valence-corrected chi connectivity index (χ0v) is 12.6. The Labute approximate surface area is 128 Å². The first-order valence-corrected chi connectivity index (χ1v) is 7.17. The third-order valence-corrected chi connectivity index (χ3v) is 3.96. The largest absolute Gasteiger partial charge is 0.372 e. The van der Waals surface area contributed by atoms with E-state index >= 15 is 0 Å². The molecule has 110 valence electrons. The van der Waals surface area contributed by atoms with E-state index < -0.39 is 6.04 Å². The molecule has 0 radical (unpaired) electrons. The number of rotatable bonds is 4. The monoisotopic (exact) mass is 305 g/mol. The van der Waals surface area contributed by atoms with Gasteiger partial charge in [0.25, 0.3) is 5.91 Å². The van der Waals surface area contributed by atoms with Crippen molar-refractivity contribution in [1.29, 1.82) is 5.26 Å². The summed E-state index contributed by atoms with van der Waals surface area (Å²) in [5.41, 5.74) is 0.994. The highest BCUT2D eigenvalue weighted by Crippen LogP contribution is 2.27. The molecule has 0 aliphatic carbocycles. The van der Waals surface area contributed by atoms with Crippen LogP contribution in [-0.4, -0.2) is 28.8 Å². The summed E-state index contributed by atoms with van der Waals surface area (Å²) in [4.78, 5) is 25.6. The summed E-state index contributed by atoms with van der Waals surface area (Å²) in [6, 6.07) is 6.07. The Morgan fingerprint density at radius 1 is 1.52 bits per heavy atom. The molecule has 0 aromatic heterocycles. The molecule has 0 saturated carbocycles. The molecule has 0 spiro atoms. The molecule has 1 aliphatic heterocycles. The van der Waals surface area contributed by atoms with Crippen LogP contribution in [0.3, 0.4) is 0 Å². The summed E-state index contributed by atoms with van der Waals surface area (Å²) in [6.45, 7) is 3.79. The van der Waals surface area contributed by atoms with Crippen LogP contribution in [-0.2, 0) is 9.59 Å². The number of likely N-dealkylation sites (tertiary alicyclic amines) is 1. The average molecular weight is 306 g/mol. The van der Waals surface area contributed by atoms with Gasteiger partial charge in [-0.3, -0.25) is 14.5 Å². The lowest BCUT2D eigenvalue weighted by molar-refractivity contribution is -0.140. The summed E-state index contributed by atoms with van der Waals surface area (Å²) in [7, 11) is 0. The number of carbonyl (C=O) groups excluding carboxylic acids is 2. The van der Waals surface area contributed by atoms with Crippen molar-refractivity contribution >= 4 is 29.1 Å². The van der Waals surface area contributed by atoms with Gasteiger partial charge in [-0.1, -0.05) is 18.5 Å². The predicted molar refractivity (Wildman–Crippen MR) is 79.8 cm³/mol. The fraction of sp³-hybridized carbons (Fsp3) is 0.400. The van der Waals surface area contributed by atoms with Gasteiger partial charge in [-0.2, -0.15) is 5.26 Å². The van der Waals surface area contributed by atoms with E-state index in [0.717, 1.165) is 6.42 Å². The first-order valence-electron chi connectivity index (χ1n) is 6.80. The van der Waals surface area contributed by atoms with Crippen LogP contribution in [0.15, 0.2) is 18.2 Å². The summed E-state index contributed by atoms with van der Waals surface area (Å²) in [6.07, 6.45) is 0.849. The summed E-state index contributed by atoms with van der Waals surface area (Å²) in [5.74, 6) is -0.397. The third-order valence-electron chi connectivity index (χ3n) is 3.64. The molecule has 6 heteroatoms. The first kappa shape index (κ1) is 15.3. The quantitative estimate of drug-likeness (QED) is 0.868. The Morgan fingerprint density at radius 2 is 2.24 bits per heavy atom. The standard InChI is InChI=1S/C15H16ClN3O2/c1-3-9(2)19-14(20)7-13(15(19)21)18-12-5-4-10(8-17)6-11(12)16/h4-6,9,13,18H,3,7H2,1-2H3. The second-order valence-corrected chi connectivity index (χ2v) is 5.47. The molecule has 1 N–H and O–H groups in total. The topological polar surface area (TPSA) is 73.2 Å². The van der Waals surface area contributed by atoms with E-state index in [1.165, 1.54) is 11.0 Å². The fourth-order valence-electron chi connectivity index (χ4n) is 2.30. The first-order chi connectivity index (χ1) is 9.97. The second-order valence-electron chi connectivity index (χ2n) is 5.07. The van der Waals surface area contributed by atoms with E-state index in [1.54, 1.807) is 12.1 Å². The molecule has 1 aliphatic rings. The lowest BCUT2D eigenvalue weighted by Crippen LogP contribution is -2.40. The molecular formula is C15H16ClN3O2. The number of benzene rings is 1. The molecule has 2 rings (SSSR count). The van der Waals surface area contributed by atoms with Crippen LogP contribution in [0.4, 0.5) is 5.69 Å². The SMILES string of the molecule is CCC(C)N1C(=O)CC(Nc2ccc(C#N)cc2Cl)C1=O. The Kier molecular flexibility index (Phi) is 4.49. The minimum Gasteiger partial charge on any atom is -0.372 e. The highest BCUT2D eigenvalue weighted by molar-refractivity contribution is 6.33. The maximum Gasteiger partial charge on any atom is 0.252 e. The van der Waals surface area contributed by atoms with Crippen molar-refractivity contribution in [3.63, 3.8) is 0 Å². The van der Waals surface area contributed by atoms with Gasteiger partial charge in [-0.15, -0.1) is 0 Å². The van der Waals surface area contributed by atoms with E-state index in [9.17, 15) is 9.59 Å². The van der Waals surface area contributed by atoms with Gasteiger partial charge < -0.3 is 5.32 Å². The number of imide groups is 1. The van der Waals surface area contributed by atoms with Crippen LogP contribution in [0.25, 0.3) is 0 Å². The van der Waals surface area contributed by atoms with E-state index in [0.29, 0.717) is 16.3 Å². The highest BCUT2D eigenvalue weighted by atomic mass is 35.5. The number of anilines is 1. The molecule has 2 unspecified atom stereocenters. The smallest absolute Gasteiger partial charge is 0.252 e. The zero-order valence-electron chi connectivity index (χ0n) is 11.9. The van der Waals surface area contributed by atoms with Gasteiger partial charge in [0.05, 0.1) is 28.8 Å². The second kappa shape index (κ2) is 6.15. The van der Waals surface area contributed by atoms with Crippen LogP contribution < -0.4 is 5.32 Å². The Morgan fingerprint density at radius 3 is 2.81 bits per heavy atom. The van der Waals surface area contributed by atoms with Crippen molar-refractivity contribution in [3.05, 3.63) is 28.8 Å². The zero-order chi connectivity index (χ0) is 15.6. The van der Waals surface area contributed by atoms with Crippen molar-refractivity contribution in [2.24, 2.45) is 0 Å². The molecule has 1 saturated heterocycles. The Bertz CT molecular complexity index is 624. The predicted octanol–water partition coefficient (Wildman–Crippen LogP) is 2.55. The molecule has 21 heavy (non-hydrogen) atoms. The molecule has 2 atom stereocenters. The van der Waals surface area contributed by atoms with Crippen molar-refractivity contribution in [2.45, 2.75) is 38.8 Å². The van der Waals surface area contributed by atoms with Gasteiger partial charge in [-0.05, 0) is 31.5 Å². The summed E-state index contributed by atoms with van der Waals surface area (Å²) in [5, 5.41) is 12.2. The minimum absolute atomic E-state index is 0.103. The van der Waals surface area contributed by atoms with Crippen molar-refractivity contribution in [2.75, 3.05) is 5.32 Å². The summed E-state index contributed by atoms with van der Waals surface area (Å²) >= 11 is 6.07. The van der Waals surface area contributed by atoms with Gasteiger partial charge >= 0.3 is 0 Å². The van der Waals surface area contributed by atoms with Crippen molar-refractivity contribution in [3.8, 4) is 6.07 Å². The molecule has 1 fully saturated rings. The summed E-state index contributed by atoms with van der Waals surface area (Å²) < 4.78 is 0. The molecule has 1 aromatic carbocycles. The van der Waals surface area contributed by atoms with Crippen LogP contribution in [0.1, 0.15) is 32.3 Å². The van der Waals surface area contributed by atoms with Gasteiger partial charge in [0.2, 0.25) is 5.91 Å². The third kappa shape index (κ3) is 3.01. The van der Waals surface area contributed by atoms with Crippen LogP contribution in [0.2, 0.25) is 5.02 Å². The van der Waals surface area contributed by atoms with Gasteiger partial charge in [0.15, 0.2) is 0 Å². The number of carbonyl (C=O) groups is 2. The molecule has 1 heterocycles. The number of nitrogens with one attached hydrogen (secondary N) is 1. The molecule has 1 aromatic rings. The normalized spacial score (nSPS) is 19.5. The van der Waals surface area contributed by atoms with Crippen LogP contribution >= 0.6 is 11.6 Å². The van der Waals surface area contributed by atoms with Crippen LogP contribution in [0, 0.1) is 11.3 Å². The van der Waals surface area contributed by atoms with Gasteiger partial charge in [0.1, 0.15) is 6.04 Å². The molecule has 5 nitrogen and oxygen atoms in total. The number of hydrogen-bond donors (Lipinski definition) is 1. The number of nitriles is 1. The van der Waals surface area contributed by atoms with E-state index in [4.69, 9.17) is 16.9 Å². The van der Waals surface area contributed by atoms with E-state index in [2.05, 4.69) is 5.32 Å². The minimum atomic E-state index is -0.600. The average Bonchev–Trinajstić information content (AvgIpc) is 2.75. The number of amides is 2. The number of nitrogens with zero attached hydrogens (tertiary/aromatic N) is 2. The number of hydrogen-bond acceptors (Lipinski definition) is 4. The Balaban J connectivity index is 2.16. The van der Waals surface area contributed by atoms with E-state index in [1.807, 2.05) is 19.9 Å². The Hall–Kier alpha value is -2.06. The van der Waals surface area contributed by atoms with E-state index in [-0.39, 0.29) is 24.3 Å². The highest BCUT2D eigenvalue weighted by Gasteiger charge is 2.40. The van der Waals surface area contributed by atoms with Gasteiger partial charge in [-0.25, -0.2) is 0 Å². The fourth-order valence-corrected chi connectivity index (χ4v) is 2.53. The van der Waals surface area contributed by atoms with Crippen molar-refractivity contribution in [1.82, 2.24) is 4.90 Å². The van der Waals surface area contributed by atoms with Crippen LogP contribution in [0.5, 0.6) is 0 Å². The lowest BCUT2D eigenvalue weighted by atomic mass is 10.2. The number of halogens is 1. The molecule has 2 amide bonds. The van der Waals surface area contributed by atoms with Crippen molar-refractivity contribution < 1.29 is 9.59 Å². The maximum atomic E-state index is 12.3. The lowest BCUT2D eigenvalue weighted by Gasteiger charge is -2.22. The maximum absolute atomic E-state index is 12.3. The molecular weight excluding hydrogens is 290 g/mol. The molecule has 0 bridgehead atoms.